The van der Waals surface area contributed by atoms with Crippen molar-refractivity contribution in [2.45, 2.75) is 39.8 Å². The fraction of sp³-hybridized carbons (Fsp3) is 0.929. The molecule has 0 aromatic heterocycles. The smallest absolute Gasteiger partial charge is 0.234 e. The van der Waals surface area contributed by atoms with Crippen molar-refractivity contribution in [1.82, 2.24) is 15.1 Å². The van der Waals surface area contributed by atoms with Gasteiger partial charge >= 0.3 is 0 Å². The van der Waals surface area contributed by atoms with Crippen molar-refractivity contribution in [2.24, 2.45) is 0 Å². The molecular formula is C14H29N3O2. The van der Waals surface area contributed by atoms with Gasteiger partial charge in [0.25, 0.3) is 0 Å². The Labute approximate surface area is 117 Å². The topological polar surface area (TPSA) is 44.8 Å². The second-order valence-electron chi connectivity index (χ2n) is 5.50. The van der Waals surface area contributed by atoms with Crippen LogP contribution in [0.2, 0.25) is 0 Å². The molecule has 5 heteroatoms. The second-order valence-corrected chi connectivity index (χ2v) is 5.50. The molecule has 0 aromatic rings. The number of nitrogens with zero attached hydrogens (tertiary/aromatic N) is 2. The van der Waals surface area contributed by atoms with Crippen LogP contribution >= 0.6 is 0 Å². The molecule has 5 nitrogen and oxygen atoms in total. The molecule has 19 heavy (non-hydrogen) atoms. The molecule has 1 atom stereocenters. The molecule has 1 rings (SSSR count). The fourth-order valence-corrected chi connectivity index (χ4v) is 2.26. The number of nitrogens with one attached hydrogen (secondary N) is 1. The Morgan fingerprint density at radius 3 is 2.37 bits per heavy atom. The van der Waals surface area contributed by atoms with E-state index < -0.39 is 0 Å². The van der Waals surface area contributed by atoms with Crippen LogP contribution in [0.1, 0.15) is 27.7 Å². The average Bonchev–Trinajstić information content (AvgIpc) is 2.37. The Balaban J connectivity index is 2.22. The molecule has 0 spiro atoms. The van der Waals surface area contributed by atoms with Crippen molar-refractivity contribution in [3.8, 4) is 0 Å². The minimum Gasteiger partial charge on any atom is -0.377 e. The maximum absolute atomic E-state index is 11.5. The van der Waals surface area contributed by atoms with Crippen LogP contribution in [0, 0.1) is 0 Å². The number of rotatable bonds is 7. The monoisotopic (exact) mass is 271 g/mol. The highest BCUT2D eigenvalue weighted by atomic mass is 16.5. The van der Waals surface area contributed by atoms with Gasteiger partial charge in [-0.2, -0.15) is 0 Å². The van der Waals surface area contributed by atoms with Gasteiger partial charge in [0.1, 0.15) is 0 Å². The zero-order chi connectivity index (χ0) is 14.3. The minimum absolute atomic E-state index is 0.132. The summed E-state index contributed by atoms with van der Waals surface area (Å²) in [6.07, 6.45) is 0.293. The van der Waals surface area contributed by atoms with Crippen LogP contribution in [0.15, 0.2) is 0 Å². The lowest BCUT2D eigenvalue weighted by Crippen LogP contribution is -2.52. The highest BCUT2D eigenvalue weighted by molar-refractivity contribution is 5.77. The molecule has 1 aliphatic rings. The summed E-state index contributed by atoms with van der Waals surface area (Å²) in [6, 6.07) is 0.453. The van der Waals surface area contributed by atoms with Crippen LogP contribution in [0.5, 0.6) is 0 Å². The third-order valence-corrected chi connectivity index (χ3v) is 3.44. The molecule has 0 bridgehead atoms. The summed E-state index contributed by atoms with van der Waals surface area (Å²) in [5, 5.41) is 2.85. The Hall–Kier alpha value is -0.650. The maximum Gasteiger partial charge on any atom is 0.234 e. The first-order valence-electron chi connectivity index (χ1n) is 7.37. The van der Waals surface area contributed by atoms with Gasteiger partial charge in [-0.25, -0.2) is 0 Å². The first-order chi connectivity index (χ1) is 9.02. The average molecular weight is 271 g/mol. The Kier molecular flexibility index (Phi) is 7.34. The molecule has 112 valence electrons. The Morgan fingerprint density at radius 1 is 1.21 bits per heavy atom. The molecule has 1 aliphatic heterocycles. The van der Waals surface area contributed by atoms with Gasteiger partial charge in [0.15, 0.2) is 0 Å². The van der Waals surface area contributed by atoms with Gasteiger partial charge in [-0.05, 0) is 27.7 Å². The largest absolute Gasteiger partial charge is 0.377 e. The van der Waals surface area contributed by atoms with E-state index in [4.69, 9.17) is 4.74 Å². The SMILES string of the molecule is CCNC(=O)CN1CCN(C(C)COC(C)C)CC1. The number of likely N-dealkylation sites (N-methyl/N-ethyl adjacent to an activating group) is 1. The van der Waals surface area contributed by atoms with E-state index in [0.717, 1.165) is 32.8 Å². The summed E-state index contributed by atoms with van der Waals surface area (Å²) in [5.41, 5.74) is 0. The highest BCUT2D eigenvalue weighted by Crippen LogP contribution is 2.07. The quantitative estimate of drug-likeness (QED) is 0.735. The molecule has 1 N–H and O–H groups in total. The van der Waals surface area contributed by atoms with Crippen LogP contribution in [-0.2, 0) is 9.53 Å². The number of carbonyl (C=O) groups excluding carboxylic acids is 1. The number of ether oxygens (including phenoxy) is 1. The van der Waals surface area contributed by atoms with E-state index in [1.165, 1.54) is 0 Å². The van der Waals surface area contributed by atoms with Gasteiger partial charge in [0, 0.05) is 38.8 Å². The van der Waals surface area contributed by atoms with Gasteiger partial charge in [-0.3, -0.25) is 14.6 Å². The number of hydrogen-bond acceptors (Lipinski definition) is 4. The molecule has 1 amide bonds. The third-order valence-electron chi connectivity index (χ3n) is 3.44. The summed E-state index contributed by atoms with van der Waals surface area (Å²) in [7, 11) is 0. The predicted octanol–water partition coefficient (Wildman–Crippen LogP) is 0.554. The predicted molar refractivity (Wildman–Crippen MR) is 77.2 cm³/mol. The van der Waals surface area contributed by atoms with Crippen molar-refractivity contribution in [1.29, 1.82) is 0 Å². The first kappa shape index (κ1) is 16.4. The number of amides is 1. The van der Waals surface area contributed by atoms with Crippen LogP contribution in [0.25, 0.3) is 0 Å². The van der Waals surface area contributed by atoms with Crippen molar-refractivity contribution >= 4 is 5.91 Å². The van der Waals surface area contributed by atoms with Crippen LogP contribution < -0.4 is 5.32 Å². The third kappa shape index (κ3) is 6.36. The first-order valence-corrected chi connectivity index (χ1v) is 7.37. The molecule has 0 aliphatic carbocycles. The van der Waals surface area contributed by atoms with E-state index in [1.807, 2.05) is 6.92 Å². The molecular weight excluding hydrogens is 242 g/mol. The van der Waals surface area contributed by atoms with Gasteiger partial charge in [-0.15, -0.1) is 0 Å². The highest BCUT2D eigenvalue weighted by Gasteiger charge is 2.22. The zero-order valence-corrected chi connectivity index (χ0v) is 12.8. The van der Waals surface area contributed by atoms with Crippen molar-refractivity contribution in [2.75, 3.05) is 45.9 Å². The van der Waals surface area contributed by atoms with Gasteiger partial charge in [0.2, 0.25) is 5.91 Å². The van der Waals surface area contributed by atoms with Crippen LogP contribution in [0.3, 0.4) is 0 Å². The van der Waals surface area contributed by atoms with Crippen LogP contribution in [0.4, 0.5) is 0 Å². The molecule has 1 heterocycles. The fourth-order valence-electron chi connectivity index (χ4n) is 2.26. The maximum atomic E-state index is 11.5. The number of hydrogen-bond donors (Lipinski definition) is 1. The molecule has 0 saturated carbocycles. The van der Waals surface area contributed by atoms with Crippen molar-refractivity contribution in [3.05, 3.63) is 0 Å². The van der Waals surface area contributed by atoms with E-state index in [1.54, 1.807) is 0 Å². The minimum atomic E-state index is 0.132. The lowest BCUT2D eigenvalue weighted by atomic mass is 10.2. The van der Waals surface area contributed by atoms with Gasteiger partial charge in [0.05, 0.1) is 19.3 Å². The van der Waals surface area contributed by atoms with Crippen molar-refractivity contribution in [3.63, 3.8) is 0 Å². The van der Waals surface area contributed by atoms with E-state index >= 15 is 0 Å². The molecule has 1 unspecified atom stereocenters. The summed E-state index contributed by atoms with van der Waals surface area (Å²) in [5.74, 6) is 0.132. The van der Waals surface area contributed by atoms with Crippen molar-refractivity contribution < 1.29 is 9.53 Å². The second kappa shape index (κ2) is 8.51. The van der Waals surface area contributed by atoms with E-state index in [0.29, 0.717) is 25.2 Å². The number of carbonyl (C=O) groups is 1. The summed E-state index contributed by atoms with van der Waals surface area (Å²) >= 11 is 0. The molecule has 0 radical (unpaired) electrons. The molecule has 0 aromatic carbocycles. The summed E-state index contributed by atoms with van der Waals surface area (Å²) < 4.78 is 5.66. The van der Waals surface area contributed by atoms with Gasteiger partial charge in [-0.1, -0.05) is 0 Å². The number of piperazine rings is 1. The standard InChI is InChI=1S/C14H29N3O2/c1-5-15-14(18)10-16-6-8-17(9-7-16)13(4)11-19-12(2)3/h12-13H,5-11H2,1-4H3,(H,15,18). The summed E-state index contributed by atoms with van der Waals surface area (Å²) in [6.45, 7) is 14.3. The Bertz CT molecular complexity index is 263. The summed E-state index contributed by atoms with van der Waals surface area (Å²) in [4.78, 5) is 16.2. The van der Waals surface area contributed by atoms with E-state index in [-0.39, 0.29) is 5.91 Å². The zero-order valence-electron chi connectivity index (χ0n) is 12.8. The molecule has 1 fully saturated rings. The van der Waals surface area contributed by atoms with E-state index in [2.05, 4.69) is 35.9 Å². The van der Waals surface area contributed by atoms with E-state index in [9.17, 15) is 4.79 Å². The lowest BCUT2D eigenvalue weighted by Gasteiger charge is -2.37. The normalized spacial score (nSPS) is 19.6. The Morgan fingerprint density at radius 2 is 1.84 bits per heavy atom. The lowest BCUT2D eigenvalue weighted by molar-refractivity contribution is -0.122. The molecule has 1 saturated heterocycles. The van der Waals surface area contributed by atoms with Gasteiger partial charge < -0.3 is 10.1 Å². The van der Waals surface area contributed by atoms with Crippen LogP contribution in [-0.4, -0.2) is 73.7 Å².